The van der Waals surface area contributed by atoms with E-state index in [4.69, 9.17) is 4.74 Å². The van der Waals surface area contributed by atoms with Crippen molar-refractivity contribution in [3.63, 3.8) is 0 Å². The van der Waals surface area contributed by atoms with Crippen LogP contribution < -0.4 is 15.4 Å². The average molecular weight is 338 g/mol. The quantitative estimate of drug-likeness (QED) is 0.785. The third-order valence-corrected chi connectivity index (χ3v) is 4.34. The van der Waals surface area contributed by atoms with E-state index in [0.717, 1.165) is 22.4 Å². The van der Waals surface area contributed by atoms with Gasteiger partial charge in [-0.3, -0.25) is 0 Å². The van der Waals surface area contributed by atoms with Gasteiger partial charge in [-0.05, 0) is 17.2 Å². The van der Waals surface area contributed by atoms with Gasteiger partial charge >= 0.3 is 6.03 Å². The molecule has 0 aliphatic carbocycles. The van der Waals surface area contributed by atoms with Gasteiger partial charge in [0.05, 0.1) is 19.3 Å². The Morgan fingerprint density at radius 3 is 2.64 bits per heavy atom. The van der Waals surface area contributed by atoms with Crippen molar-refractivity contribution in [2.24, 2.45) is 5.92 Å². The summed E-state index contributed by atoms with van der Waals surface area (Å²) in [6, 6.07) is 16.7. The fourth-order valence-corrected chi connectivity index (χ4v) is 2.92. The minimum absolute atomic E-state index is 0.0595. The first-order chi connectivity index (χ1) is 12.2. The maximum atomic E-state index is 12.3. The average Bonchev–Trinajstić information content (AvgIpc) is 2.67. The van der Waals surface area contributed by atoms with E-state index in [2.05, 4.69) is 17.2 Å². The number of nitrogens with one attached hydrogen (secondary N) is 2. The Morgan fingerprint density at radius 1 is 1.16 bits per heavy atom. The van der Waals surface area contributed by atoms with Gasteiger partial charge in [-0.1, -0.05) is 55.1 Å². The van der Waals surface area contributed by atoms with Crippen LogP contribution >= 0.6 is 0 Å². The minimum Gasteiger partial charge on any atom is -0.493 e. The first-order valence-electron chi connectivity index (χ1n) is 8.29. The summed E-state index contributed by atoms with van der Waals surface area (Å²) in [6.45, 7) is 4.67. The molecule has 0 unspecified atom stereocenters. The van der Waals surface area contributed by atoms with Gasteiger partial charge < -0.3 is 20.5 Å². The molecular weight excluding hydrogens is 316 g/mol. The zero-order chi connectivity index (χ0) is 17.6. The van der Waals surface area contributed by atoms with E-state index in [1.54, 1.807) is 0 Å². The zero-order valence-corrected chi connectivity index (χ0v) is 13.9. The molecule has 2 aromatic rings. The lowest BCUT2D eigenvalue weighted by atomic mass is 9.91. The highest BCUT2D eigenvalue weighted by atomic mass is 16.5. The molecule has 0 aromatic heterocycles. The number of rotatable bonds is 5. The molecule has 2 amide bonds. The molecule has 5 nitrogen and oxygen atoms in total. The highest BCUT2D eigenvalue weighted by Crippen LogP contribution is 2.34. The molecule has 0 radical (unpaired) electrons. The fraction of sp³-hybridized carbons (Fsp3) is 0.250. The van der Waals surface area contributed by atoms with E-state index in [-0.39, 0.29) is 24.6 Å². The van der Waals surface area contributed by atoms with Crippen LogP contribution in [0, 0.1) is 5.92 Å². The third kappa shape index (κ3) is 4.00. The number of hydrogen-bond donors (Lipinski definition) is 3. The monoisotopic (exact) mass is 338 g/mol. The van der Waals surface area contributed by atoms with Crippen molar-refractivity contribution < 1.29 is 14.6 Å². The molecule has 1 aliphatic heterocycles. The number of para-hydroxylation sites is 1. The molecule has 0 saturated carbocycles. The molecule has 0 saturated heterocycles. The summed E-state index contributed by atoms with van der Waals surface area (Å²) in [5, 5.41) is 15.4. The second-order valence-electron chi connectivity index (χ2n) is 6.07. The van der Waals surface area contributed by atoms with Crippen LogP contribution in [-0.2, 0) is 0 Å². The number of carbonyl (C=O) groups is 1. The molecule has 130 valence electrons. The molecule has 1 aliphatic rings. The Bertz CT molecular complexity index is 746. The van der Waals surface area contributed by atoms with Crippen molar-refractivity contribution in [3.05, 3.63) is 72.3 Å². The second kappa shape index (κ2) is 7.85. The van der Waals surface area contributed by atoms with Crippen molar-refractivity contribution in [2.45, 2.75) is 6.04 Å². The van der Waals surface area contributed by atoms with Crippen LogP contribution in [0.5, 0.6) is 5.75 Å². The molecule has 5 heteroatoms. The van der Waals surface area contributed by atoms with E-state index < -0.39 is 0 Å². The molecule has 0 spiro atoms. The topological polar surface area (TPSA) is 70.6 Å². The Labute approximate surface area is 147 Å². The van der Waals surface area contributed by atoms with E-state index in [0.29, 0.717) is 13.2 Å². The summed E-state index contributed by atoms with van der Waals surface area (Å²) in [7, 11) is 0. The smallest absolute Gasteiger partial charge is 0.315 e. The lowest BCUT2D eigenvalue weighted by molar-refractivity contribution is 0.113. The number of benzene rings is 2. The van der Waals surface area contributed by atoms with Gasteiger partial charge in [0.15, 0.2) is 0 Å². The molecule has 0 fully saturated rings. The van der Waals surface area contributed by atoms with Crippen LogP contribution in [0.3, 0.4) is 0 Å². The summed E-state index contributed by atoms with van der Waals surface area (Å²) >= 11 is 0. The molecule has 3 N–H and O–H groups in total. The molecule has 2 aromatic carbocycles. The van der Waals surface area contributed by atoms with Gasteiger partial charge in [0, 0.05) is 18.0 Å². The van der Waals surface area contributed by atoms with Crippen molar-refractivity contribution in [1.29, 1.82) is 0 Å². The second-order valence-corrected chi connectivity index (χ2v) is 6.07. The number of hydrogen-bond acceptors (Lipinski definition) is 3. The summed E-state index contributed by atoms with van der Waals surface area (Å²) in [5.41, 5.74) is 2.71. The first kappa shape index (κ1) is 17.0. The number of aliphatic hydroxyl groups is 1. The Kier molecular flexibility index (Phi) is 5.36. The standard InChI is InChI=1S/C20H22N2O3/c1-14(15-7-3-2-4-8-15)11-21-20(24)22-19-16(12-23)13-25-18-10-6-5-9-17(18)19/h2-10,16,19,23H,1,11-13H2,(H2,21,22,24)/t16-,19-/m1/s1. The molecule has 1 heterocycles. The van der Waals surface area contributed by atoms with Gasteiger partial charge in [-0.15, -0.1) is 0 Å². The maximum absolute atomic E-state index is 12.3. The Balaban J connectivity index is 1.63. The normalized spacial score (nSPS) is 18.6. The summed E-state index contributed by atoms with van der Waals surface area (Å²) in [4.78, 5) is 12.3. The van der Waals surface area contributed by atoms with E-state index in [1.807, 2.05) is 54.6 Å². The maximum Gasteiger partial charge on any atom is 0.315 e. The van der Waals surface area contributed by atoms with Crippen LogP contribution in [0.15, 0.2) is 61.2 Å². The van der Waals surface area contributed by atoms with Crippen molar-refractivity contribution in [2.75, 3.05) is 19.8 Å². The predicted octanol–water partition coefficient (Wildman–Crippen LogP) is 2.74. The number of urea groups is 1. The van der Waals surface area contributed by atoms with Crippen molar-refractivity contribution >= 4 is 11.6 Å². The SMILES string of the molecule is C=C(CNC(=O)N[C@H]1c2ccccc2OC[C@H]1CO)c1ccccc1. The van der Waals surface area contributed by atoms with Crippen LogP contribution in [0.2, 0.25) is 0 Å². The molecule has 3 rings (SSSR count). The van der Waals surface area contributed by atoms with Crippen LogP contribution in [-0.4, -0.2) is 30.9 Å². The summed E-state index contributed by atoms with van der Waals surface area (Å²) < 4.78 is 5.65. The zero-order valence-electron chi connectivity index (χ0n) is 13.9. The summed E-state index contributed by atoms with van der Waals surface area (Å²) in [6.07, 6.45) is 0. The molecular formula is C20H22N2O3. The molecule has 0 bridgehead atoms. The van der Waals surface area contributed by atoms with Crippen LogP contribution in [0.4, 0.5) is 4.79 Å². The lowest BCUT2D eigenvalue weighted by Gasteiger charge is -2.33. The minimum atomic E-state index is -0.294. The molecule has 2 atom stereocenters. The van der Waals surface area contributed by atoms with Gasteiger partial charge in [0.2, 0.25) is 0 Å². The van der Waals surface area contributed by atoms with Gasteiger partial charge in [-0.2, -0.15) is 0 Å². The predicted molar refractivity (Wildman–Crippen MR) is 97.3 cm³/mol. The number of amides is 2. The highest BCUT2D eigenvalue weighted by Gasteiger charge is 2.31. The van der Waals surface area contributed by atoms with Crippen LogP contribution in [0.25, 0.3) is 5.57 Å². The number of carbonyl (C=O) groups excluding carboxylic acids is 1. The van der Waals surface area contributed by atoms with E-state index in [9.17, 15) is 9.90 Å². The van der Waals surface area contributed by atoms with Gasteiger partial charge in [0.25, 0.3) is 0 Å². The van der Waals surface area contributed by atoms with Gasteiger partial charge in [-0.25, -0.2) is 4.79 Å². The van der Waals surface area contributed by atoms with Gasteiger partial charge in [0.1, 0.15) is 5.75 Å². The van der Waals surface area contributed by atoms with Crippen molar-refractivity contribution in [3.8, 4) is 5.75 Å². The van der Waals surface area contributed by atoms with E-state index >= 15 is 0 Å². The highest BCUT2D eigenvalue weighted by molar-refractivity contribution is 5.77. The first-order valence-corrected chi connectivity index (χ1v) is 8.29. The van der Waals surface area contributed by atoms with Crippen molar-refractivity contribution in [1.82, 2.24) is 10.6 Å². The number of ether oxygens (including phenoxy) is 1. The number of aliphatic hydroxyl groups excluding tert-OH is 1. The molecule has 25 heavy (non-hydrogen) atoms. The largest absolute Gasteiger partial charge is 0.493 e. The lowest BCUT2D eigenvalue weighted by Crippen LogP contribution is -2.44. The summed E-state index contributed by atoms with van der Waals surface area (Å²) in [5.74, 6) is 0.559. The Hall–Kier alpha value is -2.79. The Morgan fingerprint density at radius 2 is 1.88 bits per heavy atom. The third-order valence-electron chi connectivity index (χ3n) is 4.34. The fourth-order valence-electron chi connectivity index (χ4n) is 2.92. The van der Waals surface area contributed by atoms with E-state index in [1.165, 1.54) is 0 Å². The number of fused-ring (bicyclic) bond motifs is 1. The van der Waals surface area contributed by atoms with Crippen LogP contribution in [0.1, 0.15) is 17.2 Å².